The normalized spacial score (nSPS) is 23.3. The van der Waals surface area contributed by atoms with E-state index in [9.17, 15) is 9.59 Å². The van der Waals surface area contributed by atoms with Crippen LogP contribution < -0.4 is 11.1 Å². The Bertz CT molecular complexity index is 462. The first-order chi connectivity index (χ1) is 8.59. The minimum absolute atomic E-state index is 0.278. The van der Waals surface area contributed by atoms with Crippen LogP contribution in [0.5, 0.6) is 0 Å². The van der Waals surface area contributed by atoms with E-state index in [0.717, 1.165) is 0 Å². The number of amides is 3. The molecule has 2 rings (SSSR count). The Kier molecular flexibility index (Phi) is 3.29. The fraction of sp³-hybridized carbons (Fsp3) is 0.417. The Labute approximate surface area is 105 Å². The van der Waals surface area contributed by atoms with Crippen LogP contribution in [0.25, 0.3) is 0 Å². The summed E-state index contributed by atoms with van der Waals surface area (Å²) in [4.78, 5) is 29.5. The third-order valence-electron chi connectivity index (χ3n) is 3.04. The highest BCUT2D eigenvalue weighted by Crippen LogP contribution is 2.26. The Morgan fingerprint density at radius 1 is 1.44 bits per heavy atom. The van der Waals surface area contributed by atoms with E-state index in [1.54, 1.807) is 31.3 Å². The summed E-state index contributed by atoms with van der Waals surface area (Å²) in [5.41, 5.74) is 4.86. The molecule has 1 aromatic rings. The van der Waals surface area contributed by atoms with Crippen LogP contribution in [0.1, 0.15) is 19.0 Å². The summed E-state index contributed by atoms with van der Waals surface area (Å²) in [6.07, 6.45) is 2.19. The molecule has 0 bridgehead atoms. The van der Waals surface area contributed by atoms with Gasteiger partial charge in [0.2, 0.25) is 0 Å². The second kappa shape index (κ2) is 4.73. The van der Waals surface area contributed by atoms with Crippen molar-refractivity contribution in [2.75, 3.05) is 13.1 Å². The summed E-state index contributed by atoms with van der Waals surface area (Å²) < 4.78 is 0. The fourth-order valence-corrected chi connectivity index (χ4v) is 1.98. The first-order valence-electron chi connectivity index (χ1n) is 5.85. The molecule has 1 aliphatic heterocycles. The van der Waals surface area contributed by atoms with E-state index < -0.39 is 5.54 Å². The summed E-state index contributed by atoms with van der Waals surface area (Å²) >= 11 is 0. The molecule has 1 unspecified atom stereocenters. The number of pyridine rings is 1. The molecule has 1 atom stereocenters. The van der Waals surface area contributed by atoms with Crippen molar-refractivity contribution in [2.45, 2.75) is 18.9 Å². The molecule has 6 nitrogen and oxygen atoms in total. The number of hydrogen-bond acceptors (Lipinski definition) is 4. The van der Waals surface area contributed by atoms with Gasteiger partial charge in [0.15, 0.2) is 5.54 Å². The lowest BCUT2D eigenvalue weighted by Gasteiger charge is -2.20. The number of hydrogen-bond donors (Lipinski definition) is 2. The van der Waals surface area contributed by atoms with Crippen LogP contribution >= 0.6 is 0 Å². The van der Waals surface area contributed by atoms with Gasteiger partial charge in [-0.2, -0.15) is 0 Å². The summed E-state index contributed by atoms with van der Waals surface area (Å²) in [7, 11) is 0. The number of nitrogens with two attached hydrogens (primary N) is 1. The van der Waals surface area contributed by atoms with Crippen LogP contribution in [0.15, 0.2) is 24.4 Å². The lowest BCUT2D eigenvalue weighted by Crippen LogP contribution is -2.41. The average Bonchev–Trinajstić information content (AvgIpc) is 2.60. The summed E-state index contributed by atoms with van der Waals surface area (Å²) in [6, 6.07) is 4.89. The fourth-order valence-electron chi connectivity index (χ4n) is 1.98. The van der Waals surface area contributed by atoms with Crippen LogP contribution in [-0.2, 0) is 10.3 Å². The van der Waals surface area contributed by atoms with Gasteiger partial charge in [-0.1, -0.05) is 6.07 Å². The molecule has 1 saturated heterocycles. The first kappa shape index (κ1) is 12.5. The zero-order chi connectivity index (χ0) is 13.2. The summed E-state index contributed by atoms with van der Waals surface area (Å²) in [5.74, 6) is -0.278. The molecule has 6 heteroatoms. The highest BCUT2D eigenvalue weighted by Gasteiger charge is 2.49. The third-order valence-corrected chi connectivity index (χ3v) is 3.04. The van der Waals surface area contributed by atoms with Crippen molar-refractivity contribution in [2.24, 2.45) is 5.73 Å². The van der Waals surface area contributed by atoms with Gasteiger partial charge in [0.1, 0.15) is 0 Å². The Balaban J connectivity index is 2.26. The predicted molar refractivity (Wildman–Crippen MR) is 65.5 cm³/mol. The lowest BCUT2D eigenvalue weighted by molar-refractivity contribution is -0.131. The predicted octanol–water partition coefficient (Wildman–Crippen LogP) is 0.197. The van der Waals surface area contributed by atoms with Crippen LogP contribution in [0.2, 0.25) is 0 Å². The molecule has 18 heavy (non-hydrogen) atoms. The van der Waals surface area contributed by atoms with Crippen LogP contribution in [-0.4, -0.2) is 34.9 Å². The zero-order valence-corrected chi connectivity index (χ0v) is 10.2. The van der Waals surface area contributed by atoms with Gasteiger partial charge in [0.25, 0.3) is 5.91 Å². The molecular formula is C12H16N4O2. The summed E-state index contributed by atoms with van der Waals surface area (Å²) in [6.45, 7) is 2.44. The molecule has 1 aromatic heterocycles. The average molecular weight is 248 g/mol. The molecule has 0 saturated carbocycles. The lowest BCUT2D eigenvalue weighted by atomic mass is 9.97. The smallest absolute Gasteiger partial charge is 0.325 e. The molecule has 96 valence electrons. The number of nitrogens with one attached hydrogen (secondary N) is 1. The van der Waals surface area contributed by atoms with E-state index in [1.807, 2.05) is 0 Å². The molecule has 3 N–H and O–H groups in total. The summed E-state index contributed by atoms with van der Waals surface area (Å²) in [5, 5.41) is 2.69. The van der Waals surface area contributed by atoms with Crippen LogP contribution in [0.4, 0.5) is 4.79 Å². The number of carbonyl (C=O) groups excluding carboxylic acids is 2. The highest BCUT2D eigenvalue weighted by molar-refractivity contribution is 6.06. The number of aromatic nitrogens is 1. The van der Waals surface area contributed by atoms with Gasteiger partial charge in [-0.15, -0.1) is 0 Å². The second-order valence-electron chi connectivity index (χ2n) is 4.37. The van der Waals surface area contributed by atoms with Crippen LogP contribution in [0, 0.1) is 0 Å². The van der Waals surface area contributed by atoms with Crippen molar-refractivity contribution in [3.8, 4) is 0 Å². The standard InChI is InChI=1S/C12H16N4O2/c1-12(9-5-2-3-7-14-9)10(17)16(8-4-6-13)11(18)15-12/h2-3,5,7H,4,6,8,13H2,1H3,(H,15,18). The monoisotopic (exact) mass is 248 g/mol. The van der Waals surface area contributed by atoms with Gasteiger partial charge >= 0.3 is 6.03 Å². The van der Waals surface area contributed by atoms with Gasteiger partial charge in [-0.05, 0) is 32.0 Å². The largest absolute Gasteiger partial charge is 0.330 e. The second-order valence-corrected chi connectivity index (χ2v) is 4.37. The molecule has 0 radical (unpaired) electrons. The minimum Gasteiger partial charge on any atom is -0.330 e. The van der Waals surface area contributed by atoms with Crippen molar-refractivity contribution in [1.82, 2.24) is 15.2 Å². The zero-order valence-electron chi connectivity index (χ0n) is 10.2. The van der Waals surface area contributed by atoms with E-state index in [2.05, 4.69) is 10.3 Å². The molecule has 3 amide bonds. The maximum atomic E-state index is 12.3. The SMILES string of the molecule is CC1(c2ccccn2)NC(=O)N(CCCN)C1=O. The van der Waals surface area contributed by atoms with E-state index in [-0.39, 0.29) is 11.9 Å². The number of nitrogens with zero attached hydrogens (tertiary/aromatic N) is 2. The van der Waals surface area contributed by atoms with Crippen molar-refractivity contribution in [1.29, 1.82) is 0 Å². The van der Waals surface area contributed by atoms with Crippen molar-refractivity contribution >= 4 is 11.9 Å². The van der Waals surface area contributed by atoms with Gasteiger partial charge in [-0.25, -0.2) is 4.79 Å². The van der Waals surface area contributed by atoms with E-state index in [0.29, 0.717) is 25.2 Å². The highest BCUT2D eigenvalue weighted by atomic mass is 16.2. The number of rotatable bonds is 4. The molecule has 1 aliphatic rings. The van der Waals surface area contributed by atoms with Gasteiger partial charge < -0.3 is 11.1 Å². The van der Waals surface area contributed by atoms with E-state index in [1.165, 1.54) is 4.90 Å². The van der Waals surface area contributed by atoms with Crippen molar-refractivity contribution in [3.63, 3.8) is 0 Å². The quantitative estimate of drug-likeness (QED) is 0.745. The van der Waals surface area contributed by atoms with Crippen molar-refractivity contribution < 1.29 is 9.59 Å². The van der Waals surface area contributed by atoms with Gasteiger partial charge in [0.05, 0.1) is 5.69 Å². The minimum atomic E-state index is -1.08. The van der Waals surface area contributed by atoms with Gasteiger partial charge in [0, 0.05) is 12.7 Å². The maximum absolute atomic E-state index is 12.3. The third kappa shape index (κ3) is 1.95. The molecule has 0 spiro atoms. The molecular weight excluding hydrogens is 232 g/mol. The Morgan fingerprint density at radius 2 is 2.22 bits per heavy atom. The van der Waals surface area contributed by atoms with Crippen LogP contribution in [0.3, 0.4) is 0 Å². The number of imide groups is 1. The molecule has 2 heterocycles. The van der Waals surface area contributed by atoms with Crippen molar-refractivity contribution in [3.05, 3.63) is 30.1 Å². The molecule has 0 aliphatic carbocycles. The molecule has 1 fully saturated rings. The Morgan fingerprint density at radius 3 is 2.83 bits per heavy atom. The topological polar surface area (TPSA) is 88.3 Å². The molecule has 0 aromatic carbocycles. The van der Waals surface area contributed by atoms with Gasteiger partial charge in [-0.3, -0.25) is 14.7 Å². The first-order valence-corrected chi connectivity index (χ1v) is 5.85. The Hall–Kier alpha value is -1.95. The van der Waals surface area contributed by atoms with E-state index >= 15 is 0 Å². The van der Waals surface area contributed by atoms with E-state index in [4.69, 9.17) is 5.73 Å². The number of carbonyl (C=O) groups is 2. The maximum Gasteiger partial charge on any atom is 0.325 e. The number of urea groups is 1.